The molecule has 0 radical (unpaired) electrons. The number of hydrogen-bond acceptors (Lipinski definition) is 5. The fraction of sp³-hybridized carbons (Fsp3) is 0.650. The van der Waals surface area contributed by atoms with Gasteiger partial charge in [0.25, 0.3) is 0 Å². The molecule has 2 fully saturated rings. The third-order valence-corrected chi connectivity index (χ3v) is 8.00. The van der Waals surface area contributed by atoms with E-state index in [1.54, 1.807) is 4.31 Å². The van der Waals surface area contributed by atoms with E-state index in [-0.39, 0.29) is 42.3 Å². The summed E-state index contributed by atoms with van der Waals surface area (Å²) < 4.78 is 26.6. The van der Waals surface area contributed by atoms with Crippen molar-refractivity contribution in [2.24, 2.45) is 4.99 Å². The van der Waals surface area contributed by atoms with E-state index >= 15 is 0 Å². The van der Waals surface area contributed by atoms with Crippen LogP contribution in [0.5, 0.6) is 0 Å². The number of nitrogens with zero attached hydrogens (tertiary/aromatic N) is 3. The molecule has 0 bridgehead atoms. The van der Waals surface area contributed by atoms with E-state index in [0.717, 1.165) is 44.0 Å². The second-order valence-electron chi connectivity index (χ2n) is 7.35. The summed E-state index contributed by atoms with van der Waals surface area (Å²) in [4.78, 5) is 6.94. The van der Waals surface area contributed by atoms with Crippen LogP contribution < -0.4 is 15.5 Å². The van der Waals surface area contributed by atoms with Crippen molar-refractivity contribution in [3.05, 3.63) is 30.3 Å². The summed E-state index contributed by atoms with van der Waals surface area (Å²) in [7, 11) is -3.22. The van der Waals surface area contributed by atoms with E-state index in [1.165, 1.54) is 5.69 Å². The zero-order chi connectivity index (χ0) is 20.5. The number of nitrogens with one attached hydrogen (secondary N) is 2. The molecule has 0 spiro atoms. The molecule has 2 heterocycles. The maximum atomic E-state index is 12.5. The first-order valence-electron chi connectivity index (χ1n) is 10.5. The molecule has 2 aliphatic rings. The van der Waals surface area contributed by atoms with E-state index in [9.17, 15) is 8.42 Å². The van der Waals surface area contributed by atoms with Crippen molar-refractivity contribution in [1.29, 1.82) is 0 Å². The highest BCUT2D eigenvalue weighted by Gasteiger charge is 2.24. The molecule has 1 aromatic carbocycles. The van der Waals surface area contributed by atoms with Gasteiger partial charge in [0.1, 0.15) is 0 Å². The van der Waals surface area contributed by atoms with E-state index in [0.29, 0.717) is 19.0 Å². The molecular formula is C20H34IN5O2S2. The van der Waals surface area contributed by atoms with Gasteiger partial charge in [0.05, 0.1) is 12.3 Å². The van der Waals surface area contributed by atoms with E-state index in [2.05, 4.69) is 44.8 Å². The quantitative estimate of drug-likeness (QED) is 0.299. The van der Waals surface area contributed by atoms with Crippen LogP contribution in [0.1, 0.15) is 19.8 Å². The Morgan fingerprint density at radius 3 is 2.63 bits per heavy atom. The summed E-state index contributed by atoms with van der Waals surface area (Å²) in [5.74, 6) is 2.53. The number of sulfonamides is 1. The first-order chi connectivity index (χ1) is 14.1. The molecule has 10 heteroatoms. The third kappa shape index (κ3) is 7.76. The standard InChI is InChI=1S/C20H33N5O2S2.HI/c1-2-21-20(22-10-16-29(26,27)25-12-14-28-15-13-25)23-18-7-6-11-24(17-18)19-8-4-3-5-9-19;/h3-5,8-9,18H,2,6-7,10-17H2,1H3,(H2,21,22,23);1H. The number of rotatable bonds is 7. The zero-order valence-electron chi connectivity index (χ0n) is 17.6. The van der Waals surface area contributed by atoms with Gasteiger partial charge in [-0.3, -0.25) is 4.99 Å². The molecule has 1 unspecified atom stereocenters. The highest BCUT2D eigenvalue weighted by atomic mass is 127. The molecule has 30 heavy (non-hydrogen) atoms. The molecule has 7 nitrogen and oxygen atoms in total. The average Bonchev–Trinajstić information content (AvgIpc) is 2.75. The molecule has 1 atom stereocenters. The molecule has 1 aromatic rings. The van der Waals surface area contributed by atoms with Crippen LogP contribution in [0, 0.1) is 0 Å². The molecule has 0 amide bonds. The molecule has 2 N–H and O–H groups in total. The van der Waals surface area contributed by atoms with Gasteiger partial charge in [0, 0.05) is 56.0 Å². The third-order valence-electron chi connectivity index (χ3n) is 5.21. The van der Waals surface area contributed by atoms with Crippen LogP contribution in [-0.2, 0) is 10.0 Å². The summed E-state index contributed by atoms with van der Waals surface area (Å²) >= 11 is 1.81. The summed E-state index contributed by atoms with van der Waals surface area (Å²) in [6.07, 6.45) is 2.20. The Morgan fingerprint density at radius 2 is 1.93 bits per heavy atom. The lowest BCUT2D eigenvalue weighted by Crippen LogP contribution is -2.51. The molecule has 0 aliphatic carbocycles. The lowest BCUT2D eigenvalue weighted by Gasteiger charge is -2.35. The number of para-hydroxylation sites is 1. The second-order valence-corrected chi connectivity index (χ2v) is 10.7. The minimum Gasteiger partial charge on any atom is -0.369 e. The van der Waals surface area contributed by atoms with E-state index in [1.807, 2.05) is 24.8 Å². The number of aliphatic imine (C=N–C) groups is 1. The first-order valence-corrected chi connectivity index (χ1v) is 13.3. The molecule has 2 saturated heterocycles. The number of halogens is 1. The van der Waals surface area contributed by atoms with Gasteiger partial charge in [0.2, 0.25) is 10.0 Å². The second kappa shape index (κ2) is 13.0. The smallest absolute Gasteiger partial charge is 0.215 e. The van der Waals surface area contributed by atoms with Gasteiger partial charge in [-0.2, -0.15) is 11.8 Å². The van der Waals surface area contributed by atoms with Crippen molar-refractivity contribution in [3.8, 4) is 0 Å². The maximum Gasteiger partial charge on any atom is 0.215 e. The molecule has 3 rings (SSSR count). The monoisotopic (exact) mass is 567 g/mol. The topological polar surface area (TPSA) is 77.0 Å². The Kier molecular flexibility index (Phi) is 11.0. The number of hydrogen-bond donors (Lipinski definition) is 2. The van der Waals surface area contributed by atoms with Crippen molar-refractivity contribution in [1.82, 2.24) is 14.9 Å². The van der Waals surface area contributed by atoms with Gasteiger partial charge < -0.3 is 15.5 Å². The molecule has 2 aliphatic heterocycles. The Labute approximate surface area is 202 Å². The highest BCUT2D eigenvalue weighted by Crippen LogP contribution is 2.19. The maximum absolute atomic E-state index is 12.5. The largest absolute Gasteiger partial charge is 0.369 e. The fourth-order valence-corrected chi connectivity index (χ4v) is 6.16. The lowest BCUT2D eigenvalue weighted by atomic mass is 10.1. The van der Waals surface area contributed by atoms with Crippen LogP contribution in [-0.4, -0.2) is 81.3 Å². The van der Waals surface area contributed by atoms with Gasteiger partial charge in [-0.25, -0.2) is 12.7 Å². The number of guanidine groups is 1. The molecular weight excluding hydrogens is 533 g/mol. The number of anilines is 1. The van der Waals surface area contributed by atoms with Crippen LogP contribution in [0.3, 0.4) is 0 Å². The van der Waals surface area contributed by atoms with Crippen LogP contribution in [0.4, 0.5) is 5.69 Å². The summed E-state index contributed by atoms with van der Waals surface area (Å²) in [6, 6.07) is 10.8. The predicted molar refractivity (Wildman–Crippen MR) is 139 cm³/mol. The highest BCUT2D eigenvalue weighted by molar-refractivity contribution is 14.0. The van der Waals surface area contributed by atoms with Crippen LogP contribution in [0.2, 0.25) is 0 Å². The van der Waals surface area contributed by atoms with Gasteiger partial charge >= 0.3 is 0 Å². The van der Waals surface area contributed by atoms with Gasteiger partial charge in [0.15, 0.2) is 5.96 Å². The minimum atomic E-state index is -3.22. The summed E-state index contributed by atoms with van der Waals surface area (Å²) in [6.45, 7) is 6.25. The first kappa shape index (κ1) is 25.5. The number of thioether (sulfide) groups is 1. The van der Waals surface area contributed by atoms with Crippen molar-refractivity contribution in [2.45, 2.75) is 25.8 Å². The van der Waals surface area contributed by atoms with Gasteiger partial charge in [-0.15, -0.1) is 24.0 Å². The van der Waals surface area contributed by atoms with Crippen LogP contribution in [0.25, 0.3) is 0 Å². The number of benzene rings is 1. The normalized spacial score (nSPS) is 21.0. The van der Waals surface area contributed by atoms with Crippen LogP contribution >= 0.6 is 35.7 Å². The molecule has 0 saturated carbocycles. The molecule has 170 valence electrons. The van der Waals surface area contributed by atoms with Crippen molar-refractivity contribution < 1.29 is 8.42 Å². The Hall–Kier alpha value is -0.720. The minimum absolute atomic E-state index is 0. The van der Waals surface area contributed by atoms with Crippen LogP contribution in [0.15, 0.2) is 35.3 Å². The van der Waals surface area contributed by atoms with Gasteiger partial charge in [-0.1, -0.05) is 18.2 Å². The Morgan fingerprint density at radius 1 is 1.20 bits per heavy atom. The number of piperidine rings is 1. The fourth-order valence-electron chi connectivity index (χ4n) is 3.71. The lowest BCUT2D eigenvalue weighted by molar-refractivity contribution is 0.443. The zero-order valence-corrected chi connectivity index (χ0v) is 21.6. The SMILES string of the molecule is CCNC(=NCCS(=O)(=O)N1CCSCC1)NC1CCCN(c2ccccc2)C1.I. The van der Waals surface area contributed by atoms with Crippen molar-refractivity contribution in [3.63, 3.8) is 0 Å². The summed E-state index contributed by atoms with van der Waals surface area (Å²) in [5, 5.41) is 6.77. The molecule has 0 aromatic heterocycles. The predicted octanol–water partition coefficient (Wildman–Crippen LogP) is 2.21. The Bertz CT molecular complexity index is 758. The van der Waals surface area contributed by atoms with E-state index < -0.39 is 10.0 Å². The van der Waals surface area contributed by atoms with E-state index in [4.69, 9.17) is 0 Å². The van der Waals surface area contributed by atoms with Crippen molar-refractivity contribution in [2.75, 3.05) is 61.4 Å². The average molecular weight is 568 g/mol. The summed E-state index contributed by atoms with van der Waals surface area (Å²) in [5.41, 5.74) is 1.24. The van der Waals surface area contributed by atoms with Crippen molar-refractivity contribution >= 4 is 57.4 Å². The van der Waals surface area contributed by atoms with Gasteiger partial charge in [-0.05, 0) is 31.9 Å². The Balaban J connectivity index is 0.00000320.